The molecule has 0 saturated heterocycles. The molecule has 0 saturated carbocycles. The fourth-order valence-electron chi connectivity index (χ4n) is 6.49. The average molecular weight is 811 g/mol. The molecule has 1 heterocycles. The molecule has 0 fully saturated rings. The molecular weight excluding hydrogens is 761 g/mol. The second-order valence-electron chi connectivity index (χ2n) is 15.1. The molecule has 0 aliphatic rings. The van der Waals surface area contributed by atoms with Gasteiger partial charge in [0, 0.05) is 39.8 Å². The van der Waals surface area contributed by atoms with Crippen LogP contribution in [-0.2, 0) is 10.8 Å². The molecule has 60 heavy (non-hydrogen) atoms. The maximum atomic E-state index is 12.7. The summed E-state index contributed by atoms with van der Waals surface area (Å²) in [6.45, 7) is 10.2. The first-order chi connectivity index (χ1) is 28.6. The number of rotatable bonds is 13. The molecule has 3 amide bonds. The predicted octanol–water partition coefficient (Wildman–Crippen LogP) is 8.61. The molecular formula is C47H50N6O7. The van der Waals surface area contributed by atoms with Crippen molar-refractivity contribution in [2.45, 2.75) is 45.4 Å². The number of nitrogens with one attached hydrogen (secondary N) is 4. The fraction of sp³-hybridized carbons (Fsp3) is 0.255. The van der Waals surface area contributed by atoms with Gasteiger partial charge in [0.15, 0.2) is 28.7 Å². The zero-order valence-corrected chi connectivity index (χ0v) is 35.3. The normalized spacial score (nSPS) is 11.0. The maximum absolute atomic E-state index is 12.7. The van der Waals surface area contributed by atoms with Gasteiger partial charge in [0.1, 0.15) is 0 Å². The molecule has 0 aliphatic carbocycles. The molecule has 0 atom stereocenters. The molecule has 0 aliphatic heterocycles. The molecule has 13 heteroatoms. The number of methoxy groups -OCH3 is 4. The van der Waals surface area contributed by atoms with Crippen molar-refractivity contribution in [2.75, 3.05) is 45.6 Å². The highest BCUT2D eigenvalue weighted by atomic mass is 16.5. The van der Waals surface area contributed by atoms with Crippen molar-refractivity contribution in [1.29, 1.82) is 5.26 Å². The lowest BCUT2D eigenvalue weighted by Gasteiger charge is -2.26. The van der Waals surface area contributed by atoms with E-state index in [2.05, 4.69) is 32.2 Å². The second kappa shape index (κ2) is 18.9. The largest absolute Gasteiger partial charge is 0.493 e. The number of aryl methyl sites for hydroxylation is 1. The summed E-state index contributed by atoms with van der Waals surface area (Å²) >= 11 is 0. The SMILES string of the molecule is COc1ccc(C(=O)Nc2ccc(C(C)(C)C#N)c(C)c2)cc1OC.COc1ccc(C(=O)Nc2ccc(C(C)(C)CNC(=O)c3n[nH]c4ccccc34)cc2)cc1OC. The number of H-pyrrole nitrogens is 1. The second-order valence-corrected chi connectivity index (χ2v) is 15.1. The Labute approximate surface area is 350 Å². The van der Waals surface area contributed by atoms with Crippen molar-refractivity contribution in [3.63, 3.8) is 0 Å². The Balaban J connectivity index is 0.000000241. The smallest absolute Gasteiger partial charge is 0.272 e. The van der Waals surface area contributed by atoms with E-state index in [0.717, 1.165) is 27.6 Å². The van der Waals surface area contributed by atoms with Crippen molar-refractivity contribution in [3.05, 3.63) is 137 Å². The molecule has 5 aromatic carbocycles. The molecule has 0 spiro atoms. The Bertz CT molecular complexity index is 2540. The Kier molecular flexibility index (Phi) is 13.8. The highest BCUT2D eigenvalue weighted by Gasteiger charge is 2.24. The van der Waals surface area contributed by atoms with Crippen LogP contribution in [0.4, 0.5) is 11.4 Å². The zero-order chi connectivity index (χ0) is 43.6. The van der Waals surface area contributed by atoms with E-state index in [4.69, 9.17) is 18.9 Å². The van der Waals surface area contributed by atoms with E-state index in [9.17, 15) is 19.6 Å². The van der Waals surface area contributed by atoms with Gasteiger partial charge in [-0.2, -0.15) is 10.4 Å². The number of nitrogens with zero attached hydrogens (tertiary/aromatic N) is 2. The van der Waals surface area contributed by atoms with E-state index in [1.54, 1.807) is 56.7 Å². The first-order valence-corrected chi connectivity index (χ1v) is 19.1. The minimum atomic E-state index is -0.573. The number of ether oxygens (including phenoxy) is 4. The van der Waals surface area contributed by atoms with Gasteiger partial charge < -0.3 is 34.9 Å². The van der Waals surface area contributed by atoms with Gasteiger partial charge in [0.2, 0.25) is 0 Å². The number of aromatic nitrogens is 2. The number of hydrogen-bond donors (Lipinski definition) is 4. The number of nitriles is 1. The van der Waals surface area contributed by atoms with Crippen molar-refractivity contribution in [1.82, 2.24) is 15.5 Å². The zero-order valence-electron chi connectivity index (χ0n) is 35.3. The van der Waals surface area contributed by atoms with Crippen LogP contribution in [0.25, 0.3) is 10.9 Å². The van der Waals surface area contributed by atoms with Crippen molar-refractivity contribution >= 4 is 40.0 Å². The topological polar surface area (TPSA) is 177 Å². The minimum Gasteiger partial charge on any atom is -0.493 e. The number of fused-ring (bicyclic) bond motifs is 1. The fourth-order valence-corrected chi connectivity index (χ4v) is 6.49. The molecule has 6 aromatic rings. The van der Waals surface area contributed by atoms with Crippen molar-refractivity contribution < 1.29 is 33.3 Å². The Morgan fingerprint density at radius 3 is 1.73 bits per heavy atom. The van der Waals surface area contributed by atoms with Crippen LogP contribution in [0.5, 0.6) is 23.0 Å². The van der Waals surface area contributed by atoms with Gasteiger partial charge in [-0.1, -0.05) is 50.2 Å². The molecule has 6 rings (SSSR count). The highest BCUT2D eigenvalue weighted by Crippen LogP contribution is 2.31. The quantitative estimate of drug-likeness (QED) is 0.0890. The minimum absolute atomic E-state index is 0.227. The summed E-state index contributed by atoms with van der Waals surface area (Å²) in [5.41, 5.74) is 5.48. The van der Waals surface area contributed by atoms with Crippen molar-refractivity contribution in [3.8, 4) is 29.1 Å². The lowest BCUT2D eigenvalue weighted by atomic mass is 9.83. The molecule has 310 valence electrons. The lowest BCUT2D eigenvalue weighted by molar-refractivity contribution is 0.0940. The Hall–Kier alpha value is -7.33. The van der Waals surface area contributed by atoms with E-state index >= 15 is 0 Å². The third-order valence-corrected chi connectivity index (χ3v) is 10.0. The number of aromatic amines is 1. The van der Waals surface area contributed by atoms with E-state index < -0.39 is 5.41 Å². The van der Waals surface area contributed by atoms with Gasteiger partial charge in [-0.3, -0.25) is 19.5 Å². The summed E-state index contributed by atoms with van der Waals surface area (Å²) < 4.78 is 20.9. The number of para-hydroxylation sites is 1. The average Bonchev–Trinajstić information content (AvgIpc) is 3.70. The predicted molar refractivity (Wildman–Crippen MR) is 233 cm³/mol. The summed E-state index contributed by atoms with van der Waals surface area (Å²) in [4.78, 5) is 37.9. The van der Waals surface area contributed by atoms with Crippen LogP contribution in [0, 0.1) is 18.3 Å². The summed E-state index contributed by atoms with van der Waals surface area (Å²) in [7, 11) is 6.15. The molecule has 0 unspecified atom stereocenters. The van der Waals surface area contributed by atoms with Gasteiger partial charge in [-0.05, 0) is 104 Å². The van der Waals surface area contributed by atoms with Gasteiger partial charge >= 0.3 is 0 Å². The van der Waals surface area contributed by atoms with E-state index in [-0.39, 0.29) is 23.1 Å². The molecule has 0 radical (unpaired) electrons. The number of amides is 3. The van der Waals surface area contributed by atoms with E-state index in [1.807, 2.05) is 95.3 Å². The van der Waals surface area contributed by atoms with Crippen LogP contribution < -0.4 is 34.9 Å². The third kappa shape index (κ3) is 10.2. The van der Waals surface area contributed by atoms with Crippen molar-refractivity contribution in [2.24, 2.45) is 0 Å². The number of carbonyl (C=O) groups is 3. The Morgan fingerprint density at radius 2 is 1.20 bits per heavy atom. The summed E-state index contributed by atoms with van der Waals surface area (Å²) in [6, 6.07) is 33.0. The summed E-state index contributed by atoms with van der Waals surface area (Å²) in [5, 5.41) is 25.9. The number of hydrogen-bond acceptors (Lipinski definition) is 9. The third-order valence-electron chi connectivity index (χ3n) is 10.0. The standard InChI is InChI=1S/C27H28N4O4.C20H22N2O3/c1-27(2,16-28-26(33)24-20-7-5-6-8-21(20)30-31-24)18-10-12-19(13-11-18)29-25(32)17-9-14-22(34-3)23(15-17)35-4;1-13-10-15(7-8-16(13)20(2,3)12-21)22-19(23)14-6-9-17(24-4)18(11-14)25-5/h5-15H,16H2,1-4H3,(H,28,33)(H,29,32)(H,30,31);6-11H,1-5H3,(H,22,23). The highest BCUT2D eigenvalue weighted by molar-refractivity contribution is 6.06. The summed E-state index contributed by atoms with van der Waals surface area (Å²) in [6.07, 6.45) is 0. The van der Waals surface area contributed by atoms with Gasteiger partial charge in [0.05, 0.1) is 45.4 Å². The number of carbonyl (C=O) groups excluding carboxylic acids is 3. The van der Waals surface area contributed by atoms with E-state index in [1.165, 1.54) is 14.2 Å². The first-order valence-electron chi connectivity index (χ1n) is 19.1. The molecule has 4 N–H and O–H groups in total. The monoisotopic (exact) mass is 810 g/mol. The lowest BCUT2D eigenvalue weighted by Crippen LogP contribution is -2.36. The van der Waals surface area contributed by atoms with Crippen LogP contribution in [0.3, 0.4) is 0 Å². The van der Waals surface area contributed by atoms with Crippen LogP contribution in [-0.4, -0.2) is 62.9 Å². The Morgan fingerprint density at radius 1 is 0.667 bits per heavy atom. The van der Waals surface area contributed by atoms with Crippen LogP contribution in [0.1, 0.15) is 75.6 Å². The van der Waals surface area contributed by atoms with Gasteiger partial charge in [-0.25, -0.2) is 0 Å². The molecule has 13 nitrogen and oxygen atoms in total. The maximum Gasteiger partial charge on any atom is 0.272 e. The molecule has 1 aromatic heterocycles. The van der Waals surface area contributed by atoms with Gasteiger partial charge in [-0.15, -0.1) is 0 Å². The summed E-state index contributed by atoms with van der Waals surface area (Å²) in [5.74, 6) is 1.39. The number of benzene rings is 5. The van der Waals surface area contributed by atoms with Crippen LogP contribution in [0.15, 0.2) is 103 Å². The number of anilines is 2. The van der Waals surface area contributed by atoms with Crippen LogP contribution in [0.2, 0.25) is 0 Å². The van der Waals surface area contributed by atoms with Gasteiger partial charge in [0.25, 0.3) is 17.7 Å². The first kappa shape index (κ1) is 43.8. The molecule has 0 bridgehead atoms. The van der Waals surface area contributed by atoms with Crippen LogP contribution >= 0.6 is 0 Å². The van der Waals surface area contributed by atoms with E-state index in [0.29, 0.717) is 57.7 Å².